The average Bonchev–Trinajstić information content (AvgIpc) is 3.93. The van der Waals surface area contributed by atoms with E-state index in [0.29, 0.717) is 45.9 Å². The first kappa shape index (κ1) is 32.0. The number of hydrogen-bond acceptors (Lipinski definition) is 9. The molecule has 13 nitrogen and oxygen atoms in total. The van der Waals surface area contributed by atoms with Crippen LogP contribution >= 0.6 is 0 Å². The average molecular weight is 664 g/mol. The monoisotopic (exact) mass is 664 g/mol. The van der Waals surface area contributed by atoms with Crippen molar-refractivity contribution in [1.82, 2.24) is 50.2 Å². The van der Waals surface area contributed by atoms with Crippen LogP contribution in [0.3, 0.4) is 0 Å². The van der Waals surface area contributed by atoms with Crippen LogP contribution in [0, 0.1) is 0 Å². The summed E-state index contributed by atoms with van der Waals surface area (Å²) in [5, 5.41) is 10.2. The Hall–Kier alpha value is -5.99. The van der Waals surface area contributed by atoms with Gasteiger partial charge in [-0.25, -0.2) is 29.9 Å². The number of benzene rings is 4. The van der Waals surface area contributed by atoms with Crippen LogP contribution in [-0.4, -0.2) is 50.2 Å². The summed E-state index contributed by atoms with van der Waals surface area (Å²) in [7, 11) is 0. The van der Waals surface area contributed by atoms with Gasteiger partial charge in [0.25, 0.3) is 0 Å². The van der Waals surface area contributed by atoms with Crippen molar-refractivity contribution in [2.45, 2.75) is 0 Å². The van der Waals surface area contributed by atoms with Gasteiger partial charge in [0.1, 0.15) is 28.9 Å². The fourth-order valence-electron chi connectivity index (χ4n) is 5.73. The molecule has 48 heavy (non-hydrogen) atoms. The molecule has 2 aliphatic heterocycles. The van der Waals surface area contributed by atoms with Gasteiger partial charge in [-0.15, -0.1) is 5.10 Å². The second-order valence-corrected chi connectivity index (χ2v) is 10.4. The number of rotatable bonds is 0. The molecule has 6 heterocycles. The van der Waals surface area contributed by atoms with Crippen molar-refractivity contribution in [2.75, 3.05) is 0 Å². The molecule has 0 saturated heterocycles. The van der Waals surface area contributed by atoms with E-state index in [2.05, 4.69) is 24.9 Å². The summed E-state index contributed by atoms with van der Waals surface area (Å²) in [6, 6.07) is 32.2. The summed E-state index contributed by atoms with van der Waals surface area (Å²) < 4.78 is 4.22. The van der Waals surface area contributed by atoms with Crippen LogP contribution in [0.1, 0.15) is 0 Å². The molecule has 14 heteroatoms. The van der Waals surface area contributed by atoms with E-state index >= 15 is 0 Å². The minimum atomic E-state index is 0. The third-order valence-corrected chi connectivity index (χ3v) is 7.74. The predicted octanol–water partition coefficient (Wildman–Crippen LogP) is 6.70. The van der Waals surface area contributed by atoms with Gasteiger partial charge in [0, 0.05) is 49.1 Å². The molecule has 8 bridgehead atoms. The Morgan fingerprint density at radius 2 is 0.729 bits per heavy atom. The zero-order valence-electron chi connectivity index (χ0n) is 24.7. The number of hydrogen-bond donors (Lipinski definition) is 2. The summed E-state index contributed by atoms with van der Waals surface area (Å²) in [5.74, 6) is 2.39. The summed E-state index contributed by atoms with van der Waals surface area (Å²) in [5.41, 5.74) is 6.45. The van der Waals surface area contributed by atoms with E-state index < -0.39 is 0 Å². The molecular formula is C34H20N10O3Ti. The molecule has 2 N–H and O–H groups in total. The summed E-state index contributed by atoms with van der Waals surface area (Å²) >= 11 is 0. The van der Waals surface area contributed by atoms with Crippen LogP contribution in [0.15, 0.2) is 114 Å². The second-order valence-electron chi connectivity index (χ2n) is 10.4. The van der Waals surface area contributed by atoms with Crippen molar-refractivity contribution in [1.29, 1.82) is 0 Å². The maximum atomic E-state index is 5.02. The second kappa shape index (κ2) is 13.0. The van der Waals surface area contributed by atoms with E-state index in [0.717, 1.165) is 43.8 Å². The van der Waals surface area contributed by atoms with Gasteiger partial charge in [0.15, 0.2) is 23.3 Å². The third-order valence-electron chi connectivity index (χ3n) is 7.74. The Balaban J connectivity index is 0.000000463. The molecule has 0 amide bonds. The smallest absolute Gasteiger partial charge is 2.00 e. The van der Waals surface area contributed by atoms with Crippen molar-refractivity contribution >= 4 is 44.1 Å². The van der Waals surface area contributed by atoms with Crippen LogP contribution in [0.25, 0.3) is 89.7 Å². The summed E-state index contributed by atoms with van der Waals surface area (Å²) in [6.45, 7) is 0. The molecule has 0 atom stereocenters. The van der Waals surface area contributed by atoms with Gasteiger partial charge < -0.3 is 25.4 Å². The minimum Gasteiger partial charge on any atom is -2.00 e. The number of H-pyrrole nitrogens is 2. The molecule has 4 aromatic carbocycles. The molecule has 0 unspecified atom stereocenters. The predicted molar refractivity (Wildman–Crippen MR) is 172 cm³/mol. The summed E-state index contributed by atoms with van der Waals surface area (Å²) in [4.78, 5) is 36.8. The van der Waals surface area contributed by atoms with Crippen molar-refractivity contribution in [3.8, 4) is 45.6 Å². The van der Waals surface area contributed by atoms with E-state index in [1.807, 2.05) is 97.1 Å². The van der Waals surface area contributed by atoms with E-state index in [4.69, 9.17) is 29.9 Å². The van der Waals surface area contributed by atoms with Crippen LogP contribution in [0.4, 0.5) is 0 Å². The molecule has 8 aromatic rings. The molecular weight excluding hydrogens is 644 g/mol. The maximum absolute atomic E-state index is 5.02. The van der Waals surface area contributed by atoms with Gasteiger partial charge in [0.2, 0.25) is 0 Å². The fourth-order valence-corrected chi connectivity index (χ4v) is 5.73. The first-order valence-electron chi connectivity index (χ1n) is 14.2. The number of fused-ring (bicyclic) bond motifs is 20. The molecule has 4 aromatic heterocycles. The number of aromatic amines is 2. The van der Waals surface area contributed by atoms with Gasteiger partial charge in [-0.1, -0.05) is 97.1 Å². The fraction of sp³-hybridized carbons (Fsp3) is 0. The SMILES string of the molecule is [O-2].[O-2].[Ti+4].c1ccc2c(c1)-c1nc-2nc2[nH]c(nc3nc(nc4[nH]c(n1)c1ccccc41)-c1ccccc1-3)c1ccccc21.c1conn1. The van der Waals surface area contributed by atoms with Crippen LogP contribution < -0.4 is 0 Å². The Kier molecular flexibility index (Phi) is 8.67. The molecule has 0 saturated carbocycles. The molecule has 0 radical (unpaired) electrons. The standard InChI is InChI=1S/C32H18N8.C2H2N2O.2O.Ti/c1-2-10-18-17(9-1)25-33-26(18)38-28-21-13-5-6-14-22(21)30(35-28)40-32-24-16-8-7-15-23(24)31(36-32)39-29-20-12-4-3-11-19(20)27(34-29)37-25;1-2-5-4-3-1;;;/h1-16H,(H2,33,34,35,36,37,38,39,40);1-2H;;;/q;;2*-2;+4. The normalized spacial score (nSPS) is 10.8. The molecule has 228 valence electrons. The van der Waals surface area contributed by atoms with E-state index in [-0.39, 0.29) is 32.7 Å². The van der Waals surface area contributed by atoms with Crippen LogP contribution in [-0.2, 0) is 32.7 Å². The van der Waals surface area contributed by atoms with E-state index in [1.165, 1.54) is 12.5 Å². The van der Waals surface area contributed by atoms with Gasteiger partial charge in [-0.3, -0.25) is 0 Å². The van der Waals surface area contributed by atoms with Gasteiger partial charge in [-0.05, 0) is 0 Å². The Labute approximate surface area is 285 Å². The maximum Gasteiger partial charge on any atom is 4.00 e. The number of nitrogens with zero attached hydrogens (tertiary/aromatic N) is 8. The Morgan fingerprint density at radius 3 is 0.979 bits per heavy atom. The minimum absolute atomic E-state index is 0. The molecule has 10 rings (SSSR count). The molecule has 0 spiro atoms. The molecule has 0 aliphatic carbocycles. The van der Waals surface area contributed by atoms with E-state index in [1.54, 1.807) is 0 Å². The molecule has 2 aliphatic rings. The Bertz CT molecular complexity index is 2250. The topological polar surface area (TPSA) is 205 Å². The first-order valence-corrected chi connectivity index (χ1v) is 14.2. The van der Waals surface area contributed by atoms with Gasteiger partial charge in [0.05, 0.1) is 6.20 Å². The van der Waals surface area contributed by atoms with Crippen molar-refractivity contribution < 1.29 is 37.2 Å². The first-order chi connectivity index (χ1) is 22.3. The zero-order chi connectivity index (χ0) is 29.7. The van der Waals surface area contributed by atoms with Crippen molar-refractivity contribution in [3.63, 3.8) is 0 Å². The zero-order valence-corrected chi connectivity index (χ0v) is 26.3. The summed E-state index contributed by atoms with van der Waals surface area (Å²) in [6.07, 6.45) is 2.88. The van der Waals surface area contributed by atoms with Gasteiger partial charge in [-0.2, -0.15) is 0 Å². The quantitative estimate of drug-likeness (QED) is 0.165. The Morgan fingerprint density at radius 1 is 0.417 bits per heavy atom. The number of nitrogens with one attached hydrogen (secondary N) is 2. The van der Waals surface area contributed by atoms with Gasteiger partial charge >= 0.3 is 21.7 Å². The number of aromatic nitrogens is 10. The van der Waals surface area contributed by atoms with Crippen molar-refractivity contribution in [2.24, 2.45) is 0 Å². The molecule has 0 fully saturated rings. The van der Waals surface area contributed by atoms with Crippen molar-refractivity contribution in [3.05, 3.63) is 110 Å². The van der Waals surface area contributed by atoms with Crippen LogP contribution in [0.2, 0.25) is 0 Å². The van der Waals surface area contributed by atoms with Crippen LogP contribution in [0.5, 0.6) is 0 Å². The largest absolute Gasteiger partial charge is 4.00 e. The van der Waals surface area contributed by atoms with E-state index in [9.17, 15) is 0 Å². The third kappa shape index (κ3) is 5.32.